The number of hydrogen-bond acceptors (Lipinski definition) is 4. The maximum absolute atomic E-state index is 13.2. The Hall–Kier alpha value is -3.15. The zero-order chi connectivity index (χ0) is 17.7. The van der Waals surface area contributed by atoms with E-state index in [2.05, 4.69) is 10.5 Å². The number of imide groups is 1. The quantitative estimate of drug-likeness (QED) is 0.849. The Morgan fingerprint density at radius 2 is 1.69 bits per heavy atom. The molecule has 0 bridgehead atoms. The number of para-hydroxylation sites is 1. The third-order valence-electron chi connectivity index (χ3n) is 5.45. The molecule has 2 aromatic carbocycles. The third kappa shape index (κ3) is 2.08. The highest BCUT2D eigenvalue weighted by molar-refractivity contribution is 6.23. The number of carbonyl (C=O) groups is 2. The molecular formula is C20H17N3O3. The third-order valence-corrected chi connectivity index (χ3v) is 5.45. The molecular weight excluding hydrogens is 330 g/mol. The summed E-state index contributed by atoms with van der Waals surface area (Å²) in [6, 6.07) is 18.5. The van der Waals surface area contributed by atoms with Crippen LogP contribution in [0.1, 0.15) is 18.4 Å². The molecule has 1 spiro atoms. The molecule has 1 saturated heterocycles. The van der Waals surface area contributed by atoms with Gasteiger partial charge < -0.3 is 10.2 Å². The van der Waals surface area contributed by atoms with Crippen molar-refractivity contribution >= 4 is 23.3 Å². The smallest absolute Gasteiger partial charge is 0.329 e. The van der Waals surface area contributed by atoms with Gasteiger partial charge in [0.2, 0.25) is 0 Å². The van der Waals surface area contributed by atoms with Gasteiger partial charge in [-0.2, -0.15) is 0 Å². The Morgan fingerprint density at radius 1 is 1.00 bits per heavy atom. The molecule has 2 aliphatic heterocycles. The van der Waals surface area contributed by atoms with Crippen molar-refractivity contribution < 1.29 is 14.4 Å². The molecule has 1 unspecified atom stereocenters. The van der Waals surface area contributed by atoms with E-state index in [1.165, 1.54) is 4.90 Å². The molecule has 1 saturated carbocycles. The normalized spacial score (nSPS) is 29.5. The second-order valence-corrected chi connectivity index (χ2v) is 6.99. The minimum absolute atomic E-state index is 0.00243. The molecule has 0 radical (unpaired) electrons. The molecule has 1 aliphatic carbocycles. The zero-order valence-electron chi connectivity index (χ0n) is 14.0. The standard InChI is InChI=1S/C20H17N3O3/c24-18-20(21-19(25)23(18)14-9-5-2-6-10-14)11-15-16(12-20)26-22-17(15)13-7-3-1-4-8-13/h1-10,15-16H,11-12H2,(H,21,25)/t15-,16+,20?/m1/s1. The summed E-state index contributed by atoms with van der Waals surface area (Å²) in [4.78, 5) is 32.6. The van der Waals surface area contributed by atoms with Crippen LogP contribution in [-0.4, -0.2) is 29.3 Å². The lowest BCUT2D eigenvalue weighted by Crippen LogP contribution is -2.45. The number of rotatable bonds is 2. The Kier molecular flexibility index (Phi) is 3.16. The van der Waals surface area contributed by atoms with Crippen molar-refractivity contribution in [3.05, 3.63) is 66.2 Å². The molecule has 3 amide bonds. The molecule has 2 fully saturated rings. The highest BCUT2D eigenvalue weighted by Crippen LogP contribution is 2.45. The second kappa shape index (κ2) is 5.42. The Labute approximate surface area is 150 Å². The fraction of sp³-hybridized carbons (Fsp3) is 0.250. The fourth-order valence-electron chi connectivity index (χ4n) is 4.24. The van der Waals surface area contributed by atoms with E-state index in [1.807, 2.05) is 48.5 Å². The van der Waals surface area contributed by atoms with Crippen LogP contribution in [0.25, 0.3) is 0 Å². The van der Waals surface area contributed by atoms with E-state index >= 15 is 0 Å². The van der Waals surface area contributed by atoms with Crippen molar-refractivity contribution in [2.24, 2.45) is 11.1 Å². The summed E-state index contributed by atoms with van der Waals surface area (Å²) in [5.41, 5.74) is 1.52. The van der Waals surface area contributed by atoms with Crippen LogP contribution in [0.15, 0.2) is 65.8 Å². The molecule has 26 heavy (non-hydrogen) atoms. The molecule has 130 valence electrons. The van der Waals surface area contributed by atoms with Crippen LogP contribution in [-0.2, 0) is 9.63 Å². The van der Waals surface area contributed by atoms with E-state index in [0.717, 1.165) is 11.3 Å². The van der Waals surface area contributed by atoms with Crippen molar-refractivity contribution in [1.29, 1.82) is 0 Å². The summed E-state index contributed by atoms with van der Waals surface area (Å²) < 4.78 is 0. The highest BCUT2D eigenvalue weighted by Gasteiger charge is 2.61. The molecule has 3 atom stereocenters. The van der Waals surface area contributed by atoms with Gasteiger partial charge in [-0.15, -0.1) is 0 Å². The summed E-state index contributed by atoms with van der Waals surface area (Å²) in [5.74, 6) is -0.212. The fourth-order valence-corrected chi connectivity index (χ4v) is 4.24. The molecule has 3 aliphatic rings. The van der Waals surface area contributed by atoms with Gasteiger partial charge in [-0.05, 0) is 24.1 Å². The first-order chi connectivity index (χ1) is 12.7. The molecule has 2 aromatic rings. The van der Waals surface area contributed by atoms with Crippen LogP contribution in [0.4, 0.5) is 10.5 Å². The number of hydrogen-bond donors (Lipinski definition) is 1. The number of benzene rings is 2. The molecule has 5 rings (SSSR count). The van der Waals surface area contributed by atoms with Crippen LogP contribution < -0.4 is 10.2 Å². The lowest BCUT2D eigenvalue weighted by Gasteiger charge is -2.21. The second-order valence-electron chi connectivity index (χ2n) is 6.99. The lowest BCUT2D eigenvalue weighted by atomic mass is 9.91. The number of urea groups is 1. The molecule has 6 heteroatoms. The van der Waals surface area contributed by atoms with Gasteiger partial charge >= 0.3 is 6.03 Å². The minimum Gasteiger partial charge on any atom is -0.391 e. The van der Waals surface area contributed by atoms with Crippen LogP contribution in [0.2, 0.25) is 0 Å². The predicted molar refractivity (Wildman–Crippen MR) is 95.8 cm³/mol. The summed E-state index contributed by atoms with van der Waals surface area (Å²) in [5, 5.41) is 7.18. The molecule has 0 aromatic heterocycles. The predicted octanol–water partition coefficient (Wildman–Crippen LogP) is 2.69. The first-order valence-corrected chi connectivity index (χ1v) is 8.69. The van der Waals surface area contributed by atoms with Crippen LogP contribution in [0, 0.1) is 5.92 Å². The summed E-state index contributed by atoms with van der Waals surface area (Å²) >= 11 is 0. The number of oxime groups is 1. The molecule has 2 heterocycles. The topological polar surface area (TPSA) is 71.0 Å². The Morgan fingerprint density at radius 3 is 2.42 bits per heavy atom. The van der Waals surface area contributed by atoms with Crippen LogP contribution in [0.5, 0.6) is 0 Å². The van der Waals surface area contributed by atoms with E-state index in [-0.39, 0.29) is 24.0 Å². The number of fused-ring (bicyclic) bond motifs is 1. The highest BCUT2D eigenvalue weighted by atomic mass is 16.6. The number of nitrogens with zero attached hydrogens (tertiary/aromatic N) is 2. The Bertz CT molecular complexity index is 912. The van der Waals surface area contributed by atoms with Crippen LogP contribution in [0.3, 0.4) is 0 Å². The van der Waals surface area contributed by atoms with E-state index in [9.17, 15) is 9.59 Å². The minimum atomic E-state index is -0.918. The van der Waals surface area contributed by atoms with E-state index in [0.29, 0.717) is 18.5 Å². The van der Waals surface area contributed by atoms with Gasteiger partial charge in [0, 0.05) is 12.3 Å². The largest absolute Gasteiger partial charge is 0.391 e. The van der Waals surface area contributed by atoms with Gasteiger partial charge in [0.25, 0.3) is 5.91 Å². The van der Waals surface area contributed by atoms with Crippen molar-refractivity contribution in [1.82, 2.24) is 5.32 Å². The van der Waals surface area contributed by atoms with Crippen LogP contribution >= 0.6 is 0 Å². The van der Waals surface area contributed by atoms with Gasteiger partial charge in [0.15, 0.2) is 0 Å². The van der Waals surface area contributed by atoms with Crippen molar-refractivity contribution in [3.63, 3.8) is 0 Å². The maximum Gasteiger partial charge on any atom is 0.329 e. The first-order valence-electron chi connectivity index (χ1n) is 8.69. The molecule has 6 nitrogen and oxygen atoms in total. The number of anilines is 1. The van der Waals surface area contributed by atoms with Gasteiger partial charge in [0.05, 0.1) is 11.4 Å². The summed E-state index contributed by atoms with van der Waals surface area (Å²) in [6.07, 6.45) is 0.746. The monoisotopic (exact) mass is 347 g/mol. The number of carbonyl (C=O) groups excluding carboxylic acids is 2. The maximum atomic E-state index is 13.2. The summed E-state index contributed by atoms with van der Waals surface area (Å²) in [6.45, 7) is 0. The van der Waals surface area contributed by atoms with Gasteiger partial charge in [-0.1, -0.05) is 53.7 Å². The van der Waals surface area contributed by atoms with Gasteiger partial charge in [-0.25, -0.2) is 9.69 Å². The zero-order valence-corrected chi connectivity index (χ0v) is 14.0. The van der Waals surface area contributed by atoms with Crippen molar-refractivity contribution in [2.75, 3.05) is 4.90 Å². The van der Waals surface area contributed by atoms with Gasteiger partial charge in [0.1, 0.15) is 11.6 Å². The average molecular weight is 347 g/mol. The number of nitrogens with one attached hydrogen (secondary N) is 1. The van der Waals surface area contributed by atoms with E-state index in [4.69, 9.17) is 4.84 Å². The number of amides is 3. The SMILES string of the molecule is O=C1NC2(C[C@@H]3ON=C(c4ccccc4)[C@@H]3C2)C(=O)N1c1ccccc1. The van der Waals surface area contributed by atoms with Crippen molar-refractivity contribution in [2.45, 2.75) is 24.5 Å². The van der Waals surface area contributed by atoms with Gasteiger partial charge in [-0.3, -0.25) is 4.79 Å². The Balaban J connectivity index is 1.45. The van der Waals surface area contributed by atoms with E-state index < -0.39 is 5.54 Å². The molecule has 1 N–H and O–H groups in total. The van der Waals surface area contributed by atoms with E-state index in [1.54, 1.807) is 12.1 Å². The lowest BCUT2D eigenvalue weighted by molar-refractivity contribution is -0.122. The summed E-state index contributed by atoms with van der Waals surface area (Å²) in [7, 11) is 0. The average Bonchev–Trinajstić information content (AvgIpc) is 3.28. The first kappa shape index (κ1) is 15.1. The van der Waals surface area contributed by atoms with Crippen molar-refractivity contribution in [3.8, 4) is 0 Å².